The van der Waals surface area contributed by atoms with E-state index in [9.17, 15) is 0 Å². The molecule has 1 atom stereocenters. The summed E-state index contributed by atoms with van der Waals surface area (Å²) in [5.41, 5.74) is 3.28. The van der Waals surface area contributed by atoms with E-state index in [1.54, 1.807) is 7.11 Å². The zero-order chi connectivity index (χ0) is 14.7. The molecule has 0 fully saturated rings. The number of rotatable bonds is 4. The van der Waals surface area contributed by atoms with Gasteiger partial charge in [0.1, 0.15) is 5.75 Å². The second-order valence-corrected chi connectivity index (χ2v) is 5.46. The molecule has 1 unspecified atom stereocenters. The number of nitrogens with one attached hydrogen (secondary N) is 1. The smallest absolute Gasteiger partial charge is 0.124 e. The molecule has 0 heterocycles. The van der Waals surface area contributed by atoms with Crippen LogP contribution in [0.1, 0.15) is 22.7 Å². The van der Waals surface area contributed by atoms with Crippen molar-refractivity contribution >= 4 is 23.2 Å². The molecule has 20 heavy (non-hydrogen) atoms. The highest BCUT2D eigenvalue weighted by molar-refractivity contribution is 6.42. The third kappa shape index (κ3) is 3.09. The summed E-state index contributed by atoms with van der Waals surface area (Å²) < 4.78 is 5.49. The van der Waals surface area contributed by atoms with Crippen LogP contribution in [-0.2, 0) is 0 Å². The summed E-state index contributed by atoms with van der Waals surface area (Å²) in [5.74, 6) is 0.857. The van der Waals surface area contributed by atoms with E-state index < -0.39 is 0 Å². The van der Waals surface area contributed by atoms with Crippen LogP contribution in [0, 0.1) is 6.92 Å². The van der Waals surface area contributed by atoms with E-state index in [1.807, 2.05) is 38.2 Å². The predicted octanol–water partition coefficient (Wildman–Crippen LogP) is 4.62. The highest BCUT2D eigenvalue weighted by Crippen LogP contribution is 2.33. The molecule has 0 saturated heterocycles. The van der Waals surface area contributed by atoms with Crippen molar-refractivity contribution in [1.29, 1.82) is 0 Å². The number of benzene rings is 2. The average Bonchev–Trinajstić information content (AvgIpc) is 2.44. The van der Waals surface area contributed by atoms with Crippen molar-refractivity contribution in [1.82, 2.24) is 5.32 Å². The fourth-order valence-electron chi connectivity index (χ4n) is 2.25. The summed E-state index contributed by atoms with van der Waals surface area (Å²) in [6.45, 7) is 2.04. The van der Waals surface area contributed by atoms with Gasteiger partial charge in [-0.25, -0.2) is 0 Å². The minimum absolute atomic E-state index is 0.000293. The van der Waals surface area contributed by atoms with Gasteiger partial charge >= 0.3 is 0 Å². The number of hydrogen-bond acceptors (Lipinski definition) is 2. The molecule has 4 heteroatoms. The van der Waals surface area contributed by atoms with Crippen LogP contribution in [0.3, 0.4) is 0 Å². The largest absolute Gasteiger partial charge is 0.496 e. The molecule has 2 aromatic rings. The Kier molecular flexibility index (Phi) is 4.92. The molecular weight excluding hydrogens is 293 g/mol. The van der Waals surface area contributed by atoms with Gasteiger partial charge in [-0.15, -0.1) is 0 Å². The summed E-state index contributed by atoms with van der Waals surface area (Å²) in [5, 5.41) is 4.40. The Morgan fingerprint density at radius 2 is 1.80 bits per heavy atom. The third-order valence-corrected chi connectivity index (χ3v) is 4.00. The van der Waals surface area contributed by atoms with E-state index in [-0.39, 0.29) is 6.04 Å². The third-order valence-electron chi connectivity index (χ3n) is 3.27. The molecular formula is C16H17Cl2NO. The monoisotopic (exact) mass is 309 g/mol. The second-order valence-electron chi connectivity index (χ2n) is 4.64. The van der Waals surface area contributed by atoms with Crippen molar-refractivity contribution in [3.63, 3.8) is 0 Å². The van der Waals surface area contributed by atoms with Crippen LogP contribution in [-0.4, -0.2) is 14.2 Å². The lowest BCUT2D eigenvalue weighted by Gasteiger charge is -2.20. The van der Waals surface area contributed by atoms with Crippen LogP contribution >= 0.6 is 23.2 Å². The number of hydrogen-bond donors (Lipinski definition) is 1. The Labute approximate surface area is 129 Å². The molecule has 1 N–H and O–H groups in total. The first-order valence-corrected chi connectivity index (χ1v) is 7.09. The van der Waals surface area contributed by atoms with Gasteiger partial charge in [-0.2, -0.15) is 0 Å². The predicted molar refractivity (Wildman–Crippen MR) is 85.1 cm³/mol. The van der Waals surface area contributed by atoms with E-state index in [0.717, 1.165) is 22.4 Å². The number of halogens is 2. The first-order valence-electron chi connectivity index (χ1n) is 6.33. The molecule has 0 saturated carbocycles. The Morgan fingerprint density at radius 1 is 1.05 bits per heavy atom. The number of aryl methyl sites for hydroxylation is 1. The van der Waals surface area contributed by atoms with E-state index in [0.29, 0.717) is 10.0 Å². The maximum absolute atomic E-state index is 6.11. The lowest BCUT2D eigenvalue weighted by atomic mass is 9.97. The highest BCUT2D eigenvalue weighted by atomic mass is 35.5. The topological polar surface area (TPSA) is 21.3 Å². The summed E-state index contributed by atoms with van der Waals surface area (Å²) >= 11 is 12.1. The summed E-state index contributed by atoms with van der Waals surface area (Å²) in [6, 6.07) is 11.8. The molecule has 106 valence electrons. The molecule has 0 amide bonds. The molecule has 2 aromatic carbocycles. The minimum Gasteiger partial charge on any atom is -0.496 e. The van der Waals surface area contributed by atoms with Crippen LogP contribution < -0.4 is 10.1 Å². The van der Waals surface area contributed by atoms with Crippen molar-refractivity contribution in [2.75, 3.05) is 14.2 Å². The Bertz CT molecular complexity index is 613. The zero-order valence-corrected chi connectivity index (χ0v) is 13.2. The van der Waals surface area contributed by atoms with Gasteiger partial charge in [0.05, 0.1) is 23.2 Å². The molecule has 2 nitrogen and oxygen atoms in total. The van der Waals surface area contributed by atoms with Gasteiger partial charge in [-0.1, -0.05) is 41.4 Å². The number of methoxy groups -OCH3 is 1. The molecule has 0 radical (unpaired) electrons. The van der Waals surface area contributed by atoms with Crippen molar-refractivity contribution in [2.24, 2.45) is 0 Å². The SMILES string of the molecule is CNC(c1ccc(Cl)c(Cl)c1)c1ccc(C)cc1OC. The normalized spacial score (nSPS) is 12.2. The first-order chi connectivity index (χ1) is 9.56. The maximum Gasteiger partial charge on any atom is 0.124 e. The molecule has 0 aromatic heterocycles. The van der Waals surface area contributed by atoms with Crippen LogP contribution in [0.4, 0.5) is 0 Å². The van der Waals surface area contributed by atoms with Gasteiger partial charge in [0.25, 0.3) is 0 Å². The van der Waals surface area contributed by atoms with Crippen molar-refractivity contribution in [3.05, 3.63) is 63.1 Å². The molecule has 0 aliphatic rings. The lowest BCUT2D eigenvalue weighted by molar-refractivity contribution is 0.405. The molecule has 0 aliphatic heterocycles. The molecule has 0 bridgehead atoms. The van der Waals surface area contributed by atoms with E-state index in [4.69, 9.17) is 27.9 Å². The second kappa shape index (κ2) is 6.49. The van der Waals surface area contributed by atoms with E-state index in [1.165, 1.54) is 0 Å². The standard InChI is InChI=1S/C16H17Cl2NO/c1-10-4-6-12(15(8-10)20-3)16(19-2)11-5-7-13(17)14(18)9-11/h4-9,16,19H,1-3H3. The summed E-state index contributed by atoms with van der Waals surface area (Å²) in [6.07, 6.45) is 0. The average molecular weight is 310 g/mol. The van der Waals surface area contributed by atoms with Crippen LogP contribution in [0.2, 0.25) is 10.0 Å². The van der Waals surface area contributed by atoms with Crippen LogP contribution in [0.15, 0.2) is 36.4 Å². The summed E-state index contributed by atoms with van der Waals surface area (Å²) in [7, 11) is 3.59. The van der Waals surface area contributed by atoms with Crippen molar-refractivity contribution in [2.45, 2.75) is 13.0 Å². The van der Waals surface area contributed by atoms with Gasteiger partial charge < -0.3 is 10.1 Å². The van der Waals surface area contributed by atoms with Gasteiger partial charge in [-0.3, -0.25) is 0 Å². The molecule has 0 spiro atoms. The Balaban J connectivity index is 2.49. The van der Waals surface area contributed by atoms with Gasteiger partial charge in [0.15, 0.2) is 0 Å². The molecule has 2 rings (SSSR count). The summed E-state index contributed by atoms with van der Waals surface area (Å²) in [4.78, 5) is 0. The van der Waals surface area contributed by atoms with E-state index in [2.05, 4.69) is 17.4 Å². The van der Waals surface area contributed by atoms with Crippen molar-refractivity contribution in [3.8, 4) is 5.75 Å². The Hall–Kier alpha value is -1.22. The van der Waals surface area contributed by atoms with Crippen LogP contribution in [0.5, 0.6) is 5.75 Å². The van der Waals surface area contributed by atoms with Gasteiger partial charge in [0, 0.05) is 5.56 Å². The fraction of sp³-hybridized carbons (Fsp3) is 0.250. The maximum atomic E-state index is 6.11. The van der Waals surface area contributed by atoms with Crippen LogP contribution in [0.25, 0.3) is 0 Å². The van der Waals surface area contributed by atoms with Gasteiger partial charge in [-0.05, 0) is 43.3 Å². The highest BCUT2D eigenvalue weighted by Gasteiger charge is 2.17. The molecule has 0 aliphatic carbocycles. The fourth-order valence-corrected chi connectivity index (χ4v) is 2.56. The zero-order valence-electron chi connectivity index (χ0n) is 11.7. The first kappa shape index (κ1) is 15.2. The van der Waals surface area contributed by atoms with E-state index >= 15 is 0 Å². The Morgan fingerprint density at radius 3 is 2.40 bits per heavy atom. The van der Waals surface area contributed by atoms with Crippen molar-refractivity contribution < 1.29 is 4.74 Å². The van der Waals surface area contributed by atoms with Gasteiger partial charge in [0.2, 0.25) is 0 Å². The number of ether oxygens (including phenoxy) is 1. The quantitative estimate of drug-likeness (QED) is 0.890. The lowest BCUT2D eigenvalue weighted by Crippen LogP contribution is -2.18. The minimum atomic E-state index is 0.000293.